The Morgan fingerprint density at radius 3 is 2.52 bits per heavy atom. The first-order valence-electron chi connectivity index (χ1n) is 8.81. The van der Waals surface area contributed by atoms with Crippen molar-refractivity contribution in [2.45, 2.75) is 25.7 Å². The zero-order valence-corrected chi connectivity index (χ0v) is 14.2. The van der Waals surface area contributed by atoms with Crippen molar-refractivity contribution in [1.29, 1.82) is 0 Å². The molecule has 0 unspecified atom stereocenters. The predicted molar refractivity (Wildman–Crippen MR) is 97.4 cm³/mol. The number of rotatable bonds is 4. The molecule has 0 atom stereocenters. The van der Waals surface area contributed by atoms with Crippen LogP contribution in [0.5, 0.6) is 11.5 Å². The molecule has 1 fully saturated rings. The Balaban J connectivity index is 1.35. The molecule has 2 aliphatic heterocycles. The van der Waals surface area contributed by atoms with Crippen molar-refractivity contribution in [1.82, 2.24) is 0 Å². The summed E-state index contributed by atoms with van der Waals surface area (Å²) in [5.74, 6) is 1.35. The van der Waals surface area contributed by atoms with Gasteiger partial charge in [-0.15, -0.1) is 0 Å². The molecule has 1 N–H and O–H groups in total. The van der Waals surface area contributed by atoms with Gasteiger partial charge in [0.05, 0.1) is 6.42 Å². The van der Waals surface area contributed by atoms with Gasteiger partial charge in [0.15, 0.2) is 11.5 Å². The van der Waals surface area contributed by atoms with Crippen molar-refractivity contribution < 1.29 is 14.3 Å². The first-order chi connectivity index (χ1) is 12.3. The lowest BCUT2D eigenvalue weighted by Gasteiger charge is -2.28. The molecule has 2 aromatic rings. The molecule has 0 saturated carbocycles. The molecule has 0 radical (unpaired) electrons. The highest BCUT2D eigenvalue weighted by molar-refractivity contribution is 5.92. The SMILES string of the molecule is O=C(Cc1ccc(N2CCCCC2)cc1)Nc1ccc2c(c1)OCO2. The number of hydrogen-bond donors (Lipinski definition) is 1. The van der Waals surface area contributed by atoms with E-state index in [1.807, 2.05) is 24.3 Å². The van der Waals surface area contributed by atoms with Gasteiger partial charge in [0, 0.05) is 30.5 Å². The fraction of sp³-hybridized carbons (Fsp3) is 0.350. The molecule has 2 heterocycles. The summed E-state index contributed by atoms with van der Waals surface area (Å²) < 4.78 is 10.6. The van der Waals surface area contributed by atoms with Gasteiger partial charge in [-0.3, -0.25) is 4.79 Å². The zero-order valence-electron chi connectivity index (χ0n) is 14.2. The van der Waals surface area contributed by atoms with Gasteiger partial charge in [-0.1, -0.05) is 12.1 Å². The number of piperidine rings is 1. The summed E-state index contributed by atoms with van der Waals surface area (Å²) in [4.78, 5) is 14.7. The quantitative estimate of drug-likeness (QED) is 0.926. The average Bonchev–Trinajstić information content (AvgIpc) is 3.11. The number of nitrogens with one attached hydrogen (secondary N) is 1. The Morgan fingerprint density at radius 2 is 1.72 bits per heavy atom. The molecule has 25 heavy (non-hydrogen) atoms. The Morgan fingerprint density at radius 1 is 0.960 bits per heavy atom. The second kappa shape index (κ2) is 7.05. The maximum atomic E-state index is 12.3. The summed E-state index contributed by atoms with van der Waals surface area (Å²) in [5.41, 5.74) is 2.98. The molecule has 1 amide bonds. The number of ether oxygens (including phenoxy) is 2. The molecule has 2 aromatic carbocycles. The Hall–Kier alpha value is -2.69. The summed E-state index contributed by atoms with van der Waals surface area (Å²) >= 11 is 0. The van der Waals surface area contributed by atoms with Crippen LogP contribution in [-0.4, -0.2) is 25.8 Å². The third-order valence-corrected chi connectivity index (χ3v) is 4.68. The fourth-order valence-electron chi connectivity index (χ4n) is 3.34. The lowest BCUT2D eigenvalue weighted by atomic mass is 10.1. The van der Waals surface area contributed by atoms with Crippen LogP contribution in [0, 0.1) is 0 Å². The van der Waals surface area contributed by atoms with Gasteiger partial charge < -0.3 is 19.7 Å². The highest BCUT2D eigenvalue weighted by Gasteiger charge is 2.15. The van der Waals surface area contributed by atoms with E-state index in [1.165, 1.54) is 24.9 Å². The lowest BCUT2D eigenvalue weighted by molar-refractivity contribution is -0.115. The molecular formula is C20H22N2O3. The number of hydrogen-bond acceptors (Lipinski definition) is 4. The van der Waals surface area contributed by atoms with E-state index >= 15 is 0 Å². The van der Waals surface area contributed by atoms with Gasteiger partial charge >= 0.3 is 0 Å². The van der Waals surface area contributed by atoms with Gasteiger partial charge in [0.1, 0.15) is 0 Å². The van der Waals surface area contributed by atoms with Crippen molar-refractivity contribution in [2.75, 3.05) is 30.1 Å². The van der Waals surface area contributed by atoms with E-state index in [2.05, 4.69) is 22.3 Å². The maximum absolute atomic E-state index is 12.3. The zero-order chi connectivity index (χ0) is 17.1. The smallest absolute Gasteiger partial charge is 0.231 e. The van der Waals surface area contributed by atoms with Crippen LogP contribution in [0.3, 0.4) is 0 Å². The molecule has 4 rings (SSSR count). The molecule has 1 saturated heterocycles. The van der Waals surface area contributed by atoms with E-state index in [4.69, 9.17) is 9.47 Å². The number of amides is 1. The third-order valence-electron chi connectivity index (χ3n) is 4.68. The van der Waals surface area contributed by atoms with Crippen LogP contribution in [0.15, 0.2) is 42.5 Å². The Bertz CT molecular complexity index is 752. The largest absolute Gasteiger partial charge is 0.454 e. The molecule has 0 spiro atoms. The van der Waals surface area contributed by atoms with Crippen LogP contribution >= 0.6 is 0 Å². The summed E-state index contributed by atoms with van der Waals surface area (Å²) in [6.07, 6.45) is 4.21. The predicted octanol–water partition coefficient (Wildman–Crippen LogP) is 3.59. The highest BCUT2D eigenvalue weighted by atomic mass is 16.7. The Kier molecular flexibility index (Phi) is 4.46. The van der Waals surface area contributed by atoms with Gasteiger partial charge in [0.2, 0.25) is 12.7 Å². The topological polar surface area (TPSA) is 50.8 Å². The molecule has 0 aliphatic carbocycles. The van der Waals surface area contributed by atoms with E-state index in [1.54, 1.807) is 6.07 Å². The molecule has 0 bridgehead atoms. The maximum Gasteiger partial charge on any atom is 0.231 e. The van der Waals surface area contributed by atoms with E-state index < -0.39 is 0 Å². The summed E-state index contributed by atoms with van der Waals surface area (Å²) in [6.45, 7) is 2.49. The lowest BCUT2D eigenvalue weighted by Crippen LogP contribution is -2.29. The van der Waals surface area contributed by atoms with Crippen LogP contribution in [0.2, 0.25) is 0 Å². The van der Waals surface area contributed by atoms with Crippen molar-refractivity contribution in [3.8, 4) is 11.5 Å². The molecular weight excluding hydrogens is 316 g/mol. The van der Waals surface area contributed by atoms with Crippen LogP contribution < -0.4 is 19.7 Å². The first-order valence-corrected chi connectivity index (χ1v) is 8.81. The average molecular weight is 338 g/mol. The van der Waals surface area contributed by atoms with Gasteiger partial charge in [-0.05, 0) is 49.1 Å². The number of carbonyl (C=O) groups is 1. The monoisotopic (exact) mass is 338 g/mol. The number of nitrogens with zero attached hydrogens (tertiary/aromatic N) is 1. The number of carbonyl (C=O) groups excluding carboxylic acids is 1. The minimum atomic E-state index is -0.0374. The van der Waals surface area contributed by atoms with E-state index in [0.717, 1.165) is 24.3 Å². The van der Waals surface area contributed by atoms with Gasteiger partial charge in [0.25, 0.3) is 0 Å². The summed E-state index contributed by atoms with van der Waals surface area (Å²) in [6, 6.07) is 13.8. The minimum absolute atomic E-state index is 0.0374. The van der Waals surface area contributed by atoms with Crippen molar-refractivity contribution in [2.24, 2.45) is 0 Å². The van der Waals surface area contributed by atoms with Crippen LogP contribution in [0.1, 0.15) is 24.8 Å². The molecule has 2 aliphatic rings. The Labute approximate surface area is 147 Å². The fourth-order valence-corrected chi connectivity index (χ4v) is 3.34. The van der Waals surface area contributed by atoms with Crippen molar-refractivity contribution >= 4 is 17.3 Å². The van der Waals surface area contributed by atoms with Crippen LogP contribution in [-0.2, 0) is 11.2 Å². The van der Waals surface area contributed by atoms with E-state index in [-0.39, 0.29) is 12.7 Å². The molecule has 5 nitrogen and oxygen atoms in total. The van der Waals surface area contributed by atoms with Gasteiger partial charge in [-0.2, -0.15) is 0 Å². The van der Waals surface area contributed by atoms with E-state index in [9.17, 15) is 4.79 Å². The number of anilines is 2. The molecule has 5 heteroatoms. The third kappa shape index (κ3) is 3.71. The molecule has 0 aromatic heterocycles. The number of fused-ring (bicyclic) bond motifs is 1. The first kappa shape index (κ1) is 15.8. The summed E-state index contributed by atoms with van der Waals surface area (Å²) in [5, 5.41) is 2.91. The standard InChI is InChI=1S/C20H22N2O3/c23-20(21-16-6-9-18-19(13-16)25-14-24-18)12-15-4-7-17(8-5-15)22-10-2-1-3-11-22/h4-9,13H,1-3,10-12,14H2,(H,21,23). The normalized spacial score (nSPS) is 15.9. The summed E-state index contributed by atoms with van der Waals surface area (Å²) in [7, 11) is 0. The number of benzene rings is 2. The van der Waals surface area contributed by atoms with Crippen molar-refractivity contribution in [3.63, 3.8) is 0 Å². The van der Waals surface area contributed by atoms with Crippen LogP contribution in [0.25, 0.3) is 0 Å². The molecule has 130 valence electrons. The van der Waals surface area contributed by atoms with Crippen molar-refractivity contribution in [3.05, 3.63) is 48.0 Å². The second-order valence-corrected chi connectivity index (χ2v) is 6.51. The second-order valence-electron chi connectivity index (χ2n) is 6.51. The van der Waals surface area contributed by atoms with Crippen LogP contribution in [0.4, 0.5) is 11.4 Å². The highest BCUT2D eigenvalue weighted by Crippen LogP contribution is 2.34. The van der Waals surface area contributed by atoms with E-state index in [0.29, 0.717) is 17.9 Å². The minimum Gasteiger partial charge on any atom is -0.454 e. The van der Waals surface area contributed by atoms with Gasteiger partial charge in [-0.25, -0.2) is 0 Å².